The molecule has 0 spiro atoms. The normalized spacial score (nSPS) is 21.7. The van der Waals surface area contributed by atoms with Crippen molar-refractivity contribution in [1.29, 1.82) is 0 Å². The Kier molecular flexibility index (Phi) is 3.73. The van der Waals surface area contributed by atoms with Crippen LogP contribution in [0.25, 0.3) is 10.9 Å². The fourth-order valence-electron chi connectivity index (χ4n) is 3.88. The maximum atomic E-state index is 11.5. The van der Waals surface area contributed by atoms with E-state index >= 15 is 0 Å². The third kappa shape index (κ3) is 2.59. The van der Waals surface area contributed by atoms with E-state index in [-0.39, 0.29) is 6.09 Å². The summed E-state index contributed by atoms with van der Waals surface area (Å²) in [5.41, 5.74) is 4.08. The van der Waals surface area contributed by atoms with E-state index in [1.165, 1.54) is 22.2 Å². The number of cyclic esters (lactones) is 1. The average molecular weight is 313 g/mol. The third-order valence-corrected chi connectivity index (χ3v) is 5.18. The standard InChI is InChI=1S/C18H23N3O2/c1-13-17-15(14-5-2-3-6-16(14)19-17)7-10-20(13)8-4-9-21-11-12-23-18(21)22/h2-3,5-6,13,19H,4,7-12H2,1H3. The Morgan fingerprint density at radius 2 is 2.13 bits per heavy atom. The van der Waals surface area contributed by atoms with Crippen molar-refractivity contribution in [2.75, 3.05) is 32.8 Å². The first-order valence-corrected chi connectivity index (χ1v) is 8.49. The first kappa shape index (κ1) is 14.6. The predicted molar refractivity (Wildman–Crippen MR) is 89.5 cm³/mol. The Balaban J connectivity index is 1.42. The summed E-state index contributed by atoms with van der Waals surface area (Å²) in [5, 5.41) is 1.37. The average Bonchev–Trinajstić information content (AvgIpc) is 3.14. The second-order valence-corrected chi connectivity index (χ2v) is 6.48. The van der Waals surface area contributed by atoms with Gasteiger partial charge in [-0.15, -0.1) is 0 Å². The molecule has 1 unspecified atom stereocenters. The number of aromatic nitrogens is 1. The first-order chi connectivity index (χ1) is 11.2. The zero-order valence-electron chi connectivity index (χ0n) is 13.5. The smallest absolute Gasteiger partial charge is 0.409 e. The van der Waals surface area contributed by atoms with Gasteiger partial charge in [-0.3, -0.25) is 4.90 Å². The van der Waals surface area contributed by atoms with Gasteiger partial charge in [-0.1, -0.05) is 18.2 Å². The molecular formula is C18H23N3O2. The number of nitrogens with zero attached hydrogens (tertiary/aromatic N) is 2. The zero-order chi connectivity index (χ0) is 15.8. The molecule has 3 heterocycles. The van der Waals surface area contributed by atoms with Crippen LogP contribution in [0.4, 0.5) is 4.79 Å². The lowest BCUT2D eigenvalue weighted by Crippen LogP contribution is -2.36. The van der Waals surface area contributed by atoms with Crippen molar-refractivity contribution in [2.24, 2.45) is 0 Å². The number of nitrogens with one attached hydrogen (secondary N) is 1. The molecule has 5 heteroatoms. The Labute approximate surface area is 136 Å². The number of carbonyl (C=O) groups is 1. The van der Waals surface area contributed by atoms with Crippen molar-refractivity contribution < 1.29 is 9.53 Å². The highest BCUT2D eigenvalue weighted by atomic mass is 16.6. The number of H-pyrrole nitrogens is 1. The Bertz CT molecular complexity index is 724. The first-order valence-electron chi connectivity index (χ1n) is 8.49. The molecule has 2 aliphatic rings. The maximum Gasteiger partial charge on any atom is 0.409 e. The van der Waals surface area contributed by atoms with Crippen LogP contribution in [0.1, 0.15) is 30.6 Å². The largest absolute Gasteiger partial charge is 0.448 e. The van der Waals surface area contributed by atoms with Crippen LogP contribution in [-0.4, -0.2) is 53.7 Å². The SMILES string of the molecule is CC1c2[nH]c3ccccc3c2CCN1CCCN1CCOC1=O. The van der Waals surface area contributed by atoms with E-state index in [9.17, 15) is 4.79 Å². The quantitative estimate of drug-likeness (QED) is 0.944. The van der Waals surface area contributed by atoms with E-state index < -0.39 is 0 Å². The molecule has 1 aromatic heterocycles. The monoisotopic (exact) mass is 313 g/mol. The van der Waals surface area contributed by atoms with Gasteiger partial charge >= 0.3 is 6.09 Å². The summed E-state index contributed by atoms with van der Waals surface area (Å²) in [7, 11) is 0. The van der Waals surface area contributed by atoms with Gasteiger partial charge in [-0.2, -0.15) is 0 Å². The van der Waals surface area contributed by atoms with E-state index in [1.807, 2.05) is 4.90 Å². The summed E-state index contributed by atoms with van der Waals surface area (Å²) in [4.78, 5) is 19.4. The van der Waals surface area contributed by atoms with Gasteiger partial charge in [0.05, 0.1) is 6.54 Å². The van der Waals surface area contributed by atoms with Gasteiger partial charge in [0.2, 0.25) is 0 Å². The summed E-state index contributed by atoms with van der Waals surface area (Å²) in [6, 6.07) is 8.97. The minimum absolute atomic E-state index is 0.158. The summed E-state index contributed by atoms with van der Waals surface area (Å²) in [5.74, 6) is 0. The molecule has 1 aromatic carbocycles. The van der Waals surface area contributed by atoms with Crippen molar-refractivity contribution in [2.45, 2.75) is 25.8 Å². The van der Waals surface area contributed by atoms with E-state index in [1.54, 1.807) is 0 Å². The van der Waals surface area contributed by atoms with Crippen LogP contribution in [0.2, 0.25) is 0 Å². The van der Waals surface area contributed by atoms with Crippen LogP contribution >= 0.6 is 0 Å². The highest BCUT2D eigenvalue weighted by Crippen LogP contribution is 2.34. The summed E-state index contributed by atoms with van der Waals surface area (Å²) < 4.78 is 4.98. The molecule has 4 rings (SSSR count). The second-order valence-electron chi connectivity index (χ2n) is 6.48. The molecule has 1 fully saturated rings. The van der Waals surface area contributed by atoms with Gasteiger partial charge in [0.25, 0.3) is 0 Å². The van der Waals surface area contributed by atoms with Crippen LogP contribution < -0.4 is 0 Å². The molecule has 0 radical (unpaired) electrons. The van der Waals surface area contributed by atoms with Gasteiger partial charge < -0.3 is 14.6 Å². The minimum Gasteiger partial charge on any atom is -0.448 e. The summed E-state index contributed by atoms with van der Waals surface area (Å²) >= 11 is 0. The molecule has 0 aliphatic carbocycles. The molecular weight excluding hydrogens is 290 g/mol. The maximum absolute atomic E-state index is 11.5. The molecule has 1 N–H and O–H groups in total. The second kappa shape index (κ2) is 5.89. The number of benzene rings is 1. The number of aromatic amines is 1. The van der Waals surface area contributed by atoms with Crippen molar-refractivity contribution in [3.8, 4) is 0 Å². The van der Waals surface area contributed by atoms with Crippen molar-refractivity contribution in [3.05, 3.63) is 35.5 Å². The third-order valence-electron chi connectivity index (χ3n) is 5.18. The number of carbonyl (C=O) groups excluding carboxylic acids is 1. The van der Waals surface area contributed by atoms with Gasteiger partial charge in [0.1, 0.15) is 6.61 Å². The molecule has 23 heavy (non-hydrogen) atoms. The van der Waals surface area contributed by atoms with Gasteiger partial charge in [-0.05, 0) is 31.4 Å². The van der Waals surface area contributed by atoms with E-state index in [2.05, 4.69) is 41.1 Å². The van der Waals surface area contributed by atoms with Gasteiger partial charge in [-0.25, -0.2) is 4.79 Å². The van der Waals surface area contributed by atoms with Crippen molar-refractivity contribution >= 4 is 17.0 Å². The number of rotatable bonds is 4. The predicted octanol–water partition coefficient (Wildman–Crippen LogP) is 2.93. The van der Waals surface area contributed by atoms with Crippen LogP contribution in [0.3, 0.4) is 0 Å². The topological polar surface area (TPSA) is 48.6 Å². The Morgan fingerprint density at radius 3 is 2.96 bits per heavy atom. The molecule has 122 valence electrons. The van der Waals surface area contributed by atoms with Gasteiger partial charge in [0.15, 0.2) is 0 Å². The lowest BCUT2D eigenvalue weighted by atomic mass is 9.98. The minimum atomic E-state index is -0.158. The number of hydrogen-bond donors (Lipinski definition) is 1. The lowest BCUT2D eigenvalue weighted by molar-refractivity contribution is 0.153. The lowest BCUT2D eigenvalue weighted by Gasteiger charge is -2.33. The summed E-state index contributed by atoms with van der Waals surface area (Å²) in [6.07, 6.45) is 1.93. The molecule has 0 saturated carbocycles. The highest BCUT2D eigenvalue weighted by Gasteiger charge is 2.27. The molecule has 2 aromatic rings. The molecule has 0 bridgehead atoms. The van der Waals surface area contributed by atoms with Crippen LogP contribution in [0, 0.1) is 0 Å². The molecule has 5 nitrogen and oxygen atoms in total. The summed E-state index contributed by atoms with van der Waals surface area (Å²) in [6.45, 7) is 6.44. The number of para-hydroxylation sites is 1. The van der Waals surface area contributed by atoms with Crippen molar-refractivity contribution in [3.63, 3.8) is 0 Å². The van der Waals surface area contributed by atoms with E-state index in [0.717, 1.165) is 39.0 Å². The number of fused-ring (bicyclic) bond motifs is 3. The molecule has 1 atom stereocenters. The molecule has 2 aliphatic heterocycles. The van der Waals surface area contributed by atoms with E-state index in [0.29, 0.717) is 12.6 Å². The van der Waals surface area contributed by atoms with Crippen LogP contribution in [0.15, 0.2) is 24.3 Å². The van der Waals surface area contributed by atoms with Crippen LogP contribution in [0.5, 0.6) is 0 Å². The van der Waals surface area contributed by atoms with E-state index in [4.69, 9.17) is 4.74 Å². The van der Waals surface area contributed by atoms with Gasteiger partial charge in [0, 0.05) is 42.3 Å². The number of ether oxygens (including phenoxy) is 1. The zero-order valence-corrected chi connectivity index (χ0v) is 13.5. The number of amides is 1. The van der Waals surface area contributed by atoms with Crippen LogP contribution in [-0.2, 0) is 11.2 Å². The fraction of sp³-hybridized carbons (Fsp3) is 0.500. The fourth-order valence-corrected chi connectivity index (χ4v) is 3.88. The van der Waals surface area contributed by atoms with Crippen molar-refractivity contribution in [1.82, 2.24) is 14.8 Å². The Morgan fingerprint density at radius 1 is 1.26 bits per heavy atom. The Hall–Kier alpha value is -2.01. The molecule has 1 amide bonds. The molecule has 1 saturated heterocycles. The highest BCUT2D eigenvalue weighted by molar-refractivity contribution is 5.85. The number of hydrogen-bond acceptors (Lipinski definition) is 3.